The van der Waals surface area contributed by atoms with Crippen LogP contribution in [0.2, 0.25) is 12.1 Å². The van der Waals surface area contributed by atoms with E-state index in [2.05, 4.69) is 36.7 Å². The molecule has 0 rings (SSSR count). The molecule has 3 heteroatoms. The van der Waals surface area contributed by atoms with Crippen LogP contribution >= 0.6 is 15.9 Å². The van der Waals surface area contributed by atoms with Crippen molar-refractivity contribution in [1.29, 1.82) is 0 Å². The molecule has 0 aromatic carbocycles. The zero-order valence-electron chi connectivity index (χ0n) is 9.94. The Morgan fingerprint density at radius 2 is 1.50 bits per heavy atom. The SMILES string of the molecule is CCCC[Si](CBr)(CCCC)OCC. The molecular formula is C11H25BrOSi. The maximum atomic E-state index is 6.07. The first kappa shape index (κ1) is 14.7. The van der Waals surface area contributed by atoms with Crippen LogP contribution in [0.5, 0.6) is 0 Å². The molecule has 86 valence electrons. The molecule has 1 nitrogen and oxygen atoms in total. The fourth-order valence-electron chi connectivity index (χ4n) is 1.75. The van der Waals surface area contributed by atoms with E-state index in [4.69, 9.17) is 4.43 Å². The van der Waals surface area contributed by atoms with Gasteiger partial charge in [0.25, 0.3) is 0 Å². The second-order valence-corrected chi connectivity index (χ2v) is 9.56. The van der Waals surface area contributed by atoms with Gasteiger partial charge < -0.3 is 4.43 Å². The van der Waals surface area contributed by atoms with Gasteiger partial charge in [-0.15, -0.1) is 0 Å². The molecule has 0 atom stereocenters. The Bertz CT molecular complexity index is 122. The van der Waals surface area contributed by atoms with Gasteiger partial charge in [-0.25, -0.2) is 0 Å². The fraction of sp³-hybridized carbons (Fsp3) is 1.00. The van der Waals surface area contributed by atoms with Gasteiger partial charge in [-0.3, -0.25) is 0 Å². The Kier molecular flexibility index (Phi) is 9.34. The van der Waals surface area contributed by atoms with Gasteiger partial charge in [0.05, 0.1) is 0 Å². The van der Waals surface area contributed by atoms with Crippen LogP contribution in [0.15, 0.2) is 0 Å². The van der Waals surface area contributed by atoms with Gasteiger partial charge in [-0.2, -0.15) is 0 Å². The molecule has 0 amide bonds. The Labute approximate surface area is 98.9 Å². The lowest BCUT2D eigenvalue weighted by Crippen LogP contribution is -2.40. The Hall–Kier alpha value is 0.657. The van der Waals surface area contributed by atoms with Gasteiger partial charge >= 0.3 is 0 Å². The highest BCUT2D eigenvalue weighted by molar-refractivity contribution is 9.09. The van der Waals surface area contributed by atoms with Crippen LogP contribution < -0.4 is 0 Å². The van der Waals surface area contributed by atoms with Crippen molar-refractivity contribution in [2.45, 2.75) is 58.5 Å². The normalized spacial score (nSPS) is 12.0. The zero-order valence-corrected chi connectivity index (χ0v) is 12.5. The molecule has 0 bridgehead atoms. The summed E-state index contributed by atoms with van der Waals surface area (Å²) >= 11 is 3.67. The molecule has 0 unspecified atom stereocenters. The molecular weight excluding hydrogens is 256 g/mol. The van der Waals surface area contributed by atoms with Crippen molar-refractivity contribution in [3.8, 4) is 0 Å². The molecule has 0 N–H and O–H groups in total. The highest BCUT2D eigenvalue weighted by Crippen LogP contribution is 2.25. The highest BCUT2D eigenvalue weighted by Gasteiger charge is 2.31. The van der Waals surface area contributed by atoms with E-state index in [9.17, 15) is 0 Å². The summed E-state index contributed by atoms with van der Waals surface area (Å²) < 4.78 is 6.07. The molecule has 0 aliphatic rings. The lowest BCUT2D eigenvalue weighted by atomic mass is 10.4. The minimum absolute atomic E-state index is 0.894. The predicted molar refractivity (Wildman–Crippen MR) is 70.6 cm³/mol. The average molecular weight is 281 g/mol. The van der Waals surface area contributed by atoms with Crippen LogP contribution in [0.1, 0.15) is 46.5 Å². The van der Waals surface area contributed by atoms with Crippen molar-refractivity contribution in [3.05, 3.63) is 0 Å². The number of alkyl halides is 1. The lowest BCUT2D eigenvalue weighted by Gasteiger charge is -2.29. The third-order valence-corrected chi connectivity index (χ3v) is 9.65. The summed E-state index contributed by atoms with van der Waals surface area (Å²) in [6.07, 6.45) is 5.25. The molecule has 0 spiro atoms. The molecule has 0 saturated heterocycles. The van der Waals surface area contributed by atoms with Crippen molar-refractivity contribution in [2.24, 2.45) is 0 Å². The molecule has 0 radical (unpaired) electrons. The maximum absolute atomic E-state index is 6.07. The summed E-state index contributed by atoms with van der Waals surface area (Å²) in [6, 6.07) is 2.67. The molecule has 0 aliphatic carbocycles. The minimum Gasteiger partial charge on any atom is -0.416 e. The predicted octanol–water partition coefficient (Wildman–Crippen LogP) is 4.50. The molecule has 0 aliphatic heterocycles. The van der Waals surface area contributed by atoms with Crippen molar-refractivity contribution < 1.29 is 4.43 Å². The zero-order chi connectivity index (χ0) is 10.9. The average Bonchev–Trinajstić information content (AvgIpc) is 2.22. The quantitative estimate of drug-likeness (QED) is 0.446. The second kappa shape index (κ2) is 8.92. The third kappa shape index (κ3) is 5.52. The highest BCUT2D eigenvalue weighted by atomic mass is 79.9. The topological polar surface area (TPSA) is 9.23 Å². The number of hydrogen-bond donors (Lipinski definition) is 0. The standard InChI is InChI=1S/C11H25BrOSi/c1-4-7-9-14(11-12,13-6-3)10-8-5-2/h4-11H2,1-3H3. The van der Waals surface area contributed by atoms with Crippen LogP contribution in [0, 0.1) is 0 Å². The Morgan fingerprint density at radius 1 is 1.00 bits per heavy atom. The summed E-state index contributed by atoms with van der Waals surface area (Å²) in [5.41, 5.74) is 0. The van der Waals surface area contributed by atoms with Crippen molar-refractivity contribution in [3.63, 3.8) is 0 Å². The summed E-state index contributed by atoms with van der Waals surface area (Å²) in [5.74, 6) is 0. The first-order chi connectivity index (χ1) is 6.74. The summed E-state index contributed by atoms with van der Waals surface area (Å²) in [6.45, 7) is 7.55. The van der Waals surface area contributed by atoms with E-state index in [0.29, 0.717) is 0 Å². The van der Waals surface area contributed by atoms with E-state index < -0.39 is 8.32 Å². The summed E-state index contributed by atoms with van der Waals surface area (Å²) in [5, 5.41) is 0. The molecule has 0 heterocycles. The van der Waals surface area contributed by atoms with E-state index in [-0.39, 0.29) is 0 Å². The van der Waals surface area contributed by atoms with E-state index >= 15 is 0 Å². The largest absolute Gasteiger partial charge is 0.416 e. The van der Waals surface area contributed by atoms with Gasteiger partial charge in [-0.05, 0) is 19.0 Å². The molecule has 0 fully saturated rings. The maximum Gasteiger partial charge on any atom is 0.203 e. The summed E-state index contributed by atoms with van der Waals surface area (Å²) in [4.78, 5) is 1.12. The van der Waals surface area contributed by atoms with Gasteiger partial charge in [0.2, 0.25) is 8.32 Å². The van der Waals surface area contributed by atoms with Gasteiger partial charge in [-0.1, -0.05) is 55.5 Å². The van der Waals surface area contributed by atoms with Crippen molar-refractivity contribution in [1.82, 2.24) is 0 Å². The van der Waals surface area contributed by atoms with Gasteiger partial charge in [0.1, 0.15) is 0 Å². The van der Waals surface area contributed by atoms with E-state index in [1.807, 2.05) is 0 Å². The second-order valence-electron chi connectivity index (χ2n) is 3.96. The number of unbranched alkanes of at least 4 members (excludes halogenated alkanes) is 2. The fourth-order valence-corrected chi connectivity index (χ4v) is 7.40. The first-order valence-corrected chi connectivity index (χ1v) is 9.59. The van der Waals surface area contributed by atoms with Crippen LogP contribution in [-0.2, 0) is 4.43 Å². The van der Waals surface area contributed by atoms with Crippen molar-refractivity contribution in [2.75, 3.05) is 11.6 Å². The monoisotopic (exact) mass is 280 g/mol. The molecule has 14 heavy (non-hydrogen) atoms. The number of halogens is 1. The van der Waals surface area contributed by atoms with Gasteiger partial charge in [0.15, 0.2) is 0 Å². The van der Waals surface area contributed by atoms with Gasteiger partial charge in [0, 0.05) is 11.6 Å². The summed E-state index contributed by atoms with van der Waals surface area (Å²) in [7, 11) is -1.39. The van der Waals surface area contributed by atoms with E-state index in [1.165, 1.54) is 37.8 Å². The van der Waals surface area contributed by atoms with Crippen molar-refractivity contribution >= 4 is 24.2 Å². The van der Waals surface area contributed by atoms with Crippen LogP contribution in [0.25, 0.3) is 0 Å². The minimum atomic E-state index is -1.39. The number of hydrogen-bond acceptors (Lipinski definition) is 1. The first-order valence-electron chi connectivity index (χ1n) is 5.94. The van der Waals surface area contributed by atoms with E-state index in [0.717, 1.165) is 11.6 Å². The smallest absolute Gasteiger partial charge is 0.203 e. The molecule has 0 saturated carbocycles. The van der Waals surface area contributed by atoms with Crippen LogP contribution in [0.3, 0.4) is 0 Å². The molecule has 0 aromatic rings. The van der Waals surface area contributed by atoms with Crippen LogP contribution in [0.4, 0.5) is 0 Å². The number of rotatable bonds is 9. The Morgan fingerprint density at radius 3 is 1.79 bits per heavy atom. The molecule has 0 aromatic heterocycles. The Balaban J connectivity index is 4.11. The third-order valence-electron chi connectivity index (χ3n) is 2.67. The lowest BCUT2D eigenvalue weighted by molar-refractivity contribution is 0.320. The van der Waals surface area contributed by atoms with E-state index in [1.54, 1.807) is 0 Å². The van der Waals surface area contributed by atoms with Crippen LogP contribution in [-0.4, -0.2) is 19.9 Å².